The first kappa shape index (κ1) is 10.0. The number of hydrogen-bond acceptors (Lipinski definition) is 1. The van der Waals surface area contributed by atoms with Gasteiger partial charge in [-0.3, -0.25) is 0 Å². The van der Waals surface area contributed by atoms with Crippen LogP contribution in [0.3, 0.4) is 0 Å². The zero-order chi connectivity index (χ0) is 10.0. The lowest BCUT2D eigenvalue weighted by Gasteiger charge is -2.14. The first-order chi connectivity index (χ1) is 6.02. The lowest BCUT2D eigenvalue weighted by atomic mass is 9.97. The molecule has 0 aliphatic carbocycles. The smallest absolute Gasteiger partial charge is 0.0998 e. The SMILES string of the molecule is C=C(C)C(O)c1cc(C)ccc1C. The second-order valence-electron chi connectivity index (χ2n) is 3.61. The molecule has 1 heteroatoms. The Morgan fingerprint density at radius 1 is 1.38 bits per heavy atom. The average Bonchev–Trinajstić information content (AvgIpc) is 2.08. The van der Waals surface area contributed by atoms with Crippen LogP contribution in [0, 0.1) is 13.8 Å². The first-order valence-electron chi connectivity index (χ1n) is 4.43. The molecule has 0 aliphatic rings. The molecule has 0 heterocycles. The van der Waals surface area contributed by atoms with Gasteiger partial charge in [0, 0.05) is 0 Å². The van der Waals surface area contributed by atoms with Crippen molar-refractivity contribution in [3.63, 3.8) is 0 Å². The Morgan fingerprint density at radius 2 is 2.00 bits per heavy atom. The van der Waals surface area contributed by atoms with Gasteiger partial charge in [-0.1, -0.05) is 30.3 Å². The summed E-state index contributed by atoms with van der Waals surface area (Å²) in [6, 6.07) is 6.08. The highest BCUT2D eigenvalue weighted by Crippen LogP contribution is 2.23. The zero-order valence-corrected chi connectivity index (χ0v) is 8.46. The molecule has 0 fully saturated rings. The zero-order valence-electron chi connectivity index (χ0n) is 8.46. The number of aliphatic hydroxyl groups excluding tert-OH is 1. The van der Waals surface area contributed by atoms with Crippen molar-refractivity contribution in [3.8, 4) is 0 Å². The summed E-state index contributed by atoms with van der Waals surface area (Å²) in [4.78, 5) is 0. The Balaban J connectivity index is 3.12. The Hall–Kier alpha value is -1.08. The lowest BCUT2D eigenvalue weighted by molar-refractivity contribution is 0.215. The van der Waals surface area contributed by atoms with Crippen LogP contribution in [0.1, 0.15) is 29.7 Å². The van der Waals surface area contributed by atoms with E-state index in [4.69, 9.17) is 0 Å². The molecule has 1 N–H and O–H groups in total. The molecule has 0 aliphatic heterocycles. The number of aliphatic hydroxyl groups is 1. The van der Waals surface area contributed by atoms with Gasteiger partial charge in [0.25, 0.3) is 0 Å². The van der Waals surface area contributed by atoms with E-state index in [9.17, 15) is 5.11 Å². The molecule has 1 aromatic carbocycles. The Kier molecular flexibility index (Phi) is 2.89. The van der Waals surface area contributed by atoms with Crippen LogP contribution in [0.4, 0.5) is 0 Å². The van der Waals surface area contributed by atoms with E-state index in [-0.39, 0.29) is 0 Å². The topological polar surface area (TPSA) is 20.2 Å². The molecule has 0 amide bonds. The van der Waals surface area contributed by atoms with Crippen LogP contribution in [0.25, 0.3) is 0 Å². The molecule has 0 saturated carbocycles. The van der Waals surface area contributed by atoms with E-state index >= 15 is 0 Å². The molecule has 0 spiro atoms. The fourth-order valence-corrected chi connectivity index (χ4v) is 1.32. The summed E-state index contributed by atoms with van der Waals surface area (Å²) in [5, 5.41) is 9.80. The van der Waals surface area contributed by atoms with Crippen LogP contribution in [0.2, 0.25) is 0 Å². The van der Waals surface area contributed by atoms with Crippen molar-refractivity contribution in [2.24, 2.45) is 0 Å². The van der Waals surface area contributed by atoms with Gasteiger partial charge >= 0.3 is 0 Å². The van der Waals surface area contributed by atoms with E-state index in [0.29, 0.717) is 0 Å². The Bertz CT molecular complexity index is 326. The standard InChI is InChI=1S/C12H16O/c1-8(2)12(13)11-7-9(3)5-6-10(11)4/h5-7,12-13H,1H2,2-4H3. The highest BCUT2D eigenvalue weighted by molar-refractivity contribution is 5.35. The van der Waals surface area contributed by atoms with Gasteiger partial charge in [-0.2, -0.15) is 0 Å². The lowest BCUT2D eigenvalue weighted by Crippen LogP contribution is -2.00. The van der Waals surface area contributed by atoms with E-state index < -0.39 is 6.10 Å². The summed E-state index contributed by atoms with van der Waals surface area (Å²) in [5.74, 6) is 0. The summed E-state index contributed by atoms with van der Waals surface area (Å²) in [6.07, 6.45) is -0.528. The molecule has 0 bridgehead atoms. The molecule has 1 aromatic rings. The number of hydrogen-bond donors (Lipinski definition) is 1. The largest absolute Gasteiger partial charge is 0.384 e. The molecule has 1 rings (SSSR count). The number of aryl methyl sites for hydroxylation is 2. The van der Waals surface area contributed by atoms with Crippen molar-refractivity contribution in [3.05, 3.63) is 47.0 Å². The normalized spacial score (nSPS) is 12.6. The van der Waals surface area contributed by atoms with Crippen LogP contribution < -0.4 is 0 Å². The van der Waals surface area contributed by atoms with Crippen LogP contribution in [0.5, 0.6) is 0 Å². The van der Waals surface area contributed by atoms with Gasteiger partial charge in [0.05, 0.1) is 6.10 Å². The predicted molar refractivity (Wildman–Crippen MR) is 55.7 cm³/mol. The van der Waals surface area contributed by atoms with Crippen LogP contribution in [-0.2, 0) is 0 Å². The maximum absolute atomic E-state index is 9.80. The summed E-state index contributed by atoms with van der Waals surface area (Å²) in [7, 11) is 0. The molecule has 1 nitrogen and oxygen atoms in total. The third kappa shape index (κ3) is 2.19. The second kappa shape index (κ2) is 3.75. The van der Waals surface area contributed by atoms with E-state index in [1.165, 1.54) is 5.56 Å². The molecule has 13 heavy (non-hydrogen) atoms. The molecule has 0 saturated heterocycles. The maximum Gasteiger partial charge on any atom is 0.0998 e. The van der Waals surface area contributed by atoms with Gasteiger partial charge in [-0.25, -0.2) is 0 Å². The summed E-state index contributed by atoms with van der Waals surface area (Å²) in [5.41, 5.74) is 4.03. The average molecular weight is 176 g/mol. The third-order valence-corrected chi connectivity index (χ3v) is 2.20. The summed E-state index contributed by atoms with van der Waals surface area (Å²) in [6.45, 7) is 9.61. The Labute approximate surface area is 79.7 Å². The third-order valence-electron chi connectivity index (χ3n) is 2.20. The van der Waals surface area contributed by atoms with Crippen molar-refractivity contribution in [1.29, 1.82) is 0 Å². The van der Waals surface area contributed by atoms with E-state index in [1.54, 1.807) is 0 Å². The minimum atomic E-state index is -0.528. The molecule has 0 aromatic heterocycles. The quantitative estimate of drug-likeness (QED) is 0.687. The fraction of sp³-hybridized carbons (Fsp3) is 0.333. The second-order valence-corrected chi connectivity index (χ2v) is 3.61. The fourth-order valence-electron chi connectivity index (χ4n) is 1.32. The van der Waals surface area contributed by atoms with Crippen molar-refractivity contribution in [1.82, 2.24) is 0 Å². The minimum absolute atomic E-state index is 0.528. The van der Waals surface area contributed by atoms with Crippen molar-refractivity contribution in [2.75, 3.05) is 0 Å². The highest BCUT2D eigenvalue weighted by atomic mass is 16.3. The maximum atomic E-state index is 9.80. The van der Waals surface area contributed by atoms with Gasteiger partial charge in [-0.05, 0) is 37.5 Å². The van der Waals surface area contributed by atoms with Crippen molar-refractivity contribution < 1.29 is 5.11 Å². The predicted octanol–water partition coefficient (Wildman–Crippen LogP) is 2.91. The monoisotopic (exact) mass is 176 g/mol. The minimum Gasteiger partial charge on any atom is -0.384 e. The number of benzene rings is 1. The number of rotatable bonds is 2. The van der Waals surface area contributed by atoms with Gasteiger partial charge < -0.3 is 5.11 Å². The van der Waals surface area contributed by atoms with Gasteiger partial charge in [0.1, 0.15) is 0 Å². The summed E-state index contributed by atoms with van der Waals surface area (Å²) < 4.78 is 0. The summed E-state index contributed by atoms with van der Waals surface area (Å²) >= 11 is 0. The Morgan fingerprint density at radius 3 is 2.54 bits per heavy atom. The van der Waals surface area contributed by atoms with Crippen molar-refractivity contribution in [2.45, 2.75) is 26.9 Å². The highest BCUT2D eigenvalue weighted by Gasteiger charge is 2.10. The van der Waals surface area contributed by atoms with Gasteiger partial charge in [-0.15, -0.1) is 0 Å². The molecule has 1 atom stereocenters. The van der Waals surface area contributed by atoms with Crippen LogP contribution in [0.15, 0.2) is 30.4 Å². The molecule has 0 radical (unpaired) electrons. The van der Waals surface area contributed by atoms with E-state index in [1.807, 2.05) is 39.0 Å². The van der Waals surface area contributed by atoms with Crippen LogP contribution in [-0.4, -0.2) is 5.11 Å². The van der Waals surface area contributed by atoms with E-state index in [0.717, 1.165) is 16.7 Å². The first-order valence-corrected chi connectivity index (χ1v) is 4.43. The van der Waals surface area contributed by atoms with E-state index in [2.05, 4.69) is 6.58 Å². The van der Waals surface area contributed by atoms with Crippen molar-refractivity contribution >= 4 is 0 Å². The molecule has 70 valence electrons. The molecule has 1 unspecified atom stereocenters. The molecular weight excluding hydrogens is 160 g/mol. The van der Waals surface area contributed by atoms with Crippen LogP contribution >= 0.6 is 0 Å². The molecular formula is C12H16O. The van der Waals surface area contributed by atoms with Gasteiger partial charge in [0.2, 0.25) is 0 Å². The van der Waals surface area contributed by atoms with Gasteiger partial charge in [0.15, 0.2) is 0 Å².